The number of hydrogen-bond acceptors (Lipinski definition) is 1. The Bertz CT molecular complexity index is 66.1. The van der Waals surface area contributed by atoms with Gasteiger partial charge in [0.25, 0.3) is 0 Å². The van der Waals surface area contributed by atoms with Gasteiger partial charge in [-0.15, -0.1) is 0 Å². The minimum absolute atomic E-state index is 0.336. The smallest absolute Gasteiger partial charge is 0.0518 e. The van der Waals surface area contributed by atoms with E-state index >= 15 is 0 Å². The Hall–Kier alpha value is 0.394. The van der Waals surface area contributed by atoms with E-state index in [0.29, 0.717) is 0 Å². The Balaban J connectivity index is 3.41. The average molecular weight is 161 g/mol. The van der Waals surface area contributed by atoms with Crippen molar-refractivity contribution in [1.82, 2.24) is 5.32 Å². The summed E-state index contributed by atoms with van der Waals surface area (Å²) in [7, 11) is 3.13. The van der Waals surface area contributed by atoms with Gasteiger partial charge in [0.1, 0.15) is 0 Å². The van der Waals surface area contributed by atoms with Crippen molar-refractivity contribution >= 4 is 19.0 Å². The molecule has 0 aromatic carbocycles. The van der Waals surface area contributed by atoms with Crippen LogP contribution < -0.4 is 5.32 Å². The summed E-state index contributed by atoms with van der Waals surface area (Å²) in [5.41, 5.74) is 0. The van der Waals surface area contributed by atoms with Gasteiger partial charge >= 0.3 is 0 Å². The van der Waals surface area contributed by atoms with E-state index < -0.39 is 0 Å². The van der Waals surface area contributed by atoms with E-state index in [2.05, 4.69) is 26.2 Å². The van der Waals surface area contributed by atoms with Gasteiger partial charge in [0.15, 0.2) is 0 Å². The van der Waals surface area contributed by atoms with Gasteiger partial charge < -0.3 is 5.32 Å². The molecule has 0 saturated heterocycles. The lowest BCUT2D eigenvalue weighted by molar-refractivity contribution is 0.938. The van der Waals surface area contributed by atoms with Crippen LogP contribution in [-0.4, -0.2) is 32.3 Å². The Morgan fingerprint density at radius 2 is 2.22 bits per heavy atom. The van der Waals surface area contributed by atoms with Gasteiger partial charge in [-0.25, -0.2) is 0 Å². The number of rotatable bonds is 4. The SMILES string of the molecule is CC[SiH](CNC)C(C)[SiH3]. The average Bonchev–Trinajstić information content (AvgIpc) is 1.82. The van der Waals surface area contributed by atoms with E-state index in [0.717, 1.165) is 5.16 Å². The Labute approximate surface area is 63.3 Å². The van der Waals surface area contributed by atoms with Crippen LogP contribution in [0.3, 0.4) is 0 Å². The molecule has 0 heterocycles. The Kier molecular flexibility index (Phi) is 5.43. The highest BCUT2D eigenvalue weighted by Gasteiger charge is 2.10. The maximum atomic E-state index is 3.28. The van der Waals surface area contributed by atoms with Crippen molar-refractivity contribution in [3.8, 4) is 0 Å². The molecule has 2 unspecified atom stereocenters. The van der Waals surface area contributed by atoms with Gasteiger partial charge in [-0.1, -0.05) is 25.1 Å². The van der Waals surface area contributed by atoms with E-state index in [4.69, 9.17) is 0 Å². The lowest BCUT2D eigenvalue weighted by Gasteiger charge is -2.15. The van der Waals surface area contributed by atoms with Gasteiger partial charge in [0, 0.05) is 10.2 Å². The van der Waals surface area contributed by atoms with Crippen LogP contribution in [-0.2, 0) is 0 Å². The Morgan fingerprint density at radius 1 is 1.67 bits per heavy atom. The van der Waals surface area contributed by atoms with Crippen molar-refractivity contribution in [3.05, 3.63) is 0 Å². The largest absolute Gasteiger partial charge is 0.323 e. The van der Waals surface area contributed by atoms with Crippen LogP contribution in [0.1, 0.15) is 13.8 Å². The molecule has 0 aromatic heterocycles. The summed E-state index contributed by atoms with van der Waals surface area (Å²) in [6, 6.07) is 1.46. The van der Waals surface area contributed by atoms with Crippen molar-refractivity contribution < 1.29 is 0 Å². The molecule has 0 saturated carbocycles. The molecule has 0 aromatic rings. The summed E-state index contributed by atoms with van der Waals surface area (Å²) >= 11 is 0. The van der Waals surface area contributed by atoms with E-state index in [9.17, 15) is 0 Å². The molecule has 0 aliphatic carbocycles. The fourth-order valence-corrected chi connectivity index (χ4v) is 5.46. The second-order valence-electron chi connectivity index (χ2n) is 2.97. The maximum Gasteiger partial charge on any atom is 0.0518 e. The molecule has 0 aliphatic heterocycles. The van der Waals surface area contributed by atoms with Crippen molar-refractivity contribution in [2.45, 2.75) is 25.1 Å². The fraction of sp³-hybridized carbons (Fsp3) is 1.00. The minimum Gasteiger partial charge on any atom is -0.323 e. The maximum absolute atomic E-state index is 3.28. The zero-order valence-electron chi connectivity index (χ0n) is 7.07. The summed E-state index contributed by atoms with van der Waals surface area (Å²) in [5.74, 6) is 0. The van der Waals surface area contributed by atoms with Crippen molar-refractivity contribution in [3.63, 3.8) is 0 Å². The molecule has 1 nitrogen and oxygen atoms in total. The summed E-state index contributed by atoms with van der Waals surface area (Å²) in [6.45, 7) is 4.74. The molecule has 9 heavy (non-hydrogen) atoms. The molecule has 0 bridgehead atoms. The third kappa shape index (κ3) is 3.89. The molecule has 0 aliphatic rings. The monoisotopic (exact) mass is 161 g/mol. The molecular weight excluding hydrogens is 142 g/mol. The topological polar surface area (TPSA) is 12.0 Å². The van der Waals surface area contributed by atoms with Crippen LogP contribution in [0.5, 0.6) is 0 Å². The van der Waals surface area contributed by atoms with Gasteiger partial charge in [0.2, 0.25) is 0 Å². The molecule has 2 atom stereocenters. The highest BCUT2D eigenvalue weighted by atomic mass is 28.3. The lowest BCUT2D eigenvalue weighted by Crippen LogP contribution is -2.31. The van der Waals surface area contributed by atoms with E-state index in [1.807, 2.05) is 0 Å². The van der Waals surface area contributed by atoms with Crippen LogP contribution in [0.15, 0.2) is 0 Å². The standard InChI is InChI=1S/C6H19NSi2/c1-4-9(5-7-3)6(2)8/h6-7,9H,4-5H2,1-3,8H3. The normalized spacial score (nSPS) is 17.7. The van der Waals surface area contributed by atoms with Crippen LogP contribution >= 0.6 is 0 Å². The minimum atomic E-state index is -0.336. The molecule has 3 heteroatoms. The third-order valence-corrected chi connectivity index (χ3v) is 8.63. The molecule has 0 radical (unpaired) electrons. The van der Waals surface area contributed by atoms with Gasteiger partial charge in [-0.3, -0.25) is 0 Å². The quantitative estimate of drug-likeness (QED) is 0.559. The lowest BCUT2D eigenvalue weighted by atomic mass is 10.9. The molecule has 0 rings (SSSR count). The summed E-state index contributed by atoms with van der Waals surface area (Å²) in [5, 5.41) is 4.38. The van der Waals surface area contributed by atoms with E-state index in [1.165, 1.54) is 22.5 Å². The highest BCUT2D eigenvalue weighted by molar-refractivity contribution is 6.67. The van der Waals surface area contributed by atoms with Crippen molar-refractivity contribution in [1.29, 1.82) is 0 Å². The second kappa shape index (κ2) is 5.20. The van der Waals surface area contributed by atoms with Crippen LogP contribution in [0.25, 0.3) is 0 Å². The third-order valence-electron chi connectivity index (χ3n) is 1.93. The molecule has 56 valence electrons. The molecule has 0 spiro atoms. The summed E-state index contributed by atoms with van der Waals surface area (Å²) < 4.78 is 0. The zero-order chi connectivity index (χ0) is 7.28. The predicted octanol–water partition coefficient (Wildman–Crippen LogP) is -0.295. The van der Waals surface area contributed by atoms with Crippen molar-refractivity contribution in [2.75, 3.05) is 13.2 Å². The van der Waals surface area contributed by atoms with Gasteiger partial charge in [0.05, 0.1) is 8.80 Å². The number of nitrogens with one attached hydrogen (secondary N) is 1. The molecule has 0 amide bonds. The van der Waals surface area contributed by atoms with Crippen LogP contribution in [0, 0.1) is 0 Å². The number of hydrogen-bond donors (Lipinski definition) is 1. The first-order valence-electron chi connectivity index (χ1n) is 3.87. The van der Waals surface area contributed by atoms with Crippen LogP contribution in [0.2, 0.25) is 11.2 Å². The van der Waals surface area contributed by atoms with Gasteiger partial charge in [-0.2, -0.15) is 0 Å². The predicted molar refractivity (Wildman–Crippen MR) is 50.9 cm³/mol. The van der Waals surface area contributed by atoms with Crippen molar-refractivity contribution in [2.24, 2.45) is 0 Å². The summed E-state index contributed by atoms with van der Waals surface area (Å²) in [4.78, 5) is 0. The molecule has 0 fully saturated rings. The highest BCUT2D eigenvalue weighted by Crippen LogP contribution is 2.05. The van der Waals surface area contributed by atoms with Crippen LogP contribution in [0.4, 0.5) is 0 Å². The first-order valence-corrected chi connectivity index (χ1v) is 7.32. The fourth-order valence-electron chi connectivity index (χ4n) is 1.11. The second-order valence-corrected chi connectivity index (χ2v) is 10.2. The zero-order valence-corrected chi connectivity index (χ0v) is 10.2. The molecule has 1 N–H and O–H groups in total. The van der Waals surface area contributed by atoms with E-state index in [-0.39, 0.29) is 8.80 Å². The summed E-state index contributed by atoms with van der Waals surface area (Å²) in [6.07, 6.45) is 1.33. The first-order chi connectivity index (χ1) is 4.22. The van der Waals surface area contributed by atoms with E-state index in [1.54, 1.807) is 0 Å². The molecular formula is C6H19NSi2. The Morgan fingerprint density at radius 3 is 2.33 bits per heavy atom. The first kappa shape index (κ1) is 9.39. The van der Waals surface area contributed by atoms with Gasteiger partial charge in [-0.05, 0) is 13.2 Å².